The molecule has 6 N–H and O–H groups in total. The van der Waals surface area contributed by atoms with Crippen molar-refractivity contribution < 1.29 is 30.6 Å². The van der Waals surface area contributed by atoms with E-state index in [-0.39, 0.29) is 45.5 Å². The predicted molar refractivity (Wildman–Crippen MR) is 138 cm³/mol. The van der Waals surface area contributed by atoms with E-state index >= 15 is 0 Å². The van der Waals surface area contributed by atoms with Crippen LogP contribution in [0.25, 0.3) is 0 Å². The Morgan fingerprint density at radius 2 is 1.56 bits per heavy atom. The van der Waals surface area contributed by atoms with Gasteiger partial charge in [-0.1, -0.05) is 34.6 Å². The van der Waals surface area contributed by atoms with Gasteiger partial charge in [-0.2, -0.15) is 0 Å². The molecule has 0 aromatic rings. The lowest BCUT2D eigenvalue weighted by atomic mass is 9.40. The van der Waals surface area contributed by atoms with Gasteiger partial charge in [0.1, 0.15) is 0 Å². The van der Waals surface area contributed by atoms with Gasteiger partial charge in [-0.05, 0) is 111 Å². The number of aliphatic hydroxyl groups is 6. The first-order valence-corrected chi connectivity index (χ1v) is 14.5. The van der Waals surface area contributed by atoms with E-state index in [1.54, 1.807) is 13.8 Å². The number of hydrogen-bond donors (Lipinski definition) is 6. The zero-order valence-electron chi connectivity index (χ0n) is 23.6. The minimum atomic E-state index is -1.30. The summed E-state index contributed by atoms with van der Waals surface area (Å²) in [7, 11) is 0. The van der Waals surface area contributed by atoms with Crippen LogP contribution in [0.5, 0.6) is 0 Å². The van der Waals surface area contributed by atoms with Crippen LogP contribution in [0, 0.1) is 44.8 Å². The van der Waals surface area contributed by atoms with Crippen molar-refractivity contribution in [3.63, 3.8) is 0 Å². The van der Waals surface area contributed by atoms with E-state index in [2.05, 4.69) is 27.7 Å². The molecule has 6 nitrogen and oxygen atoms in total. The minimum Gasteiger partial charge on any atom is -0.393 e. The summed E-state index contributed by atoms with van der Waals surface area (Å²) in [6, 6.07) is 0. The first-order chi connectivity index (χ1) is 16.4. The molecule has 0 aliphatic heterocycles. The molecule has 0 heterocycles. The van der Waals surface area contributed by atoms with Crippen molar-refractivity contribution in [2.75, 3.05) is 0 Å². The maximum Gasteiger partial charge on any atom is 0.0989 e. The first kappa shape index (κ1) is 27.3. The largest absolute Gasteiger partial charge is 0.393 e. The average Bonchev–Trinajstić information content (AvgIpc) is 3.38. The molecule has 2 unspecified atom stereocenters. The molecule has 0 saturated heterocycles. The average molecular weight is 509 g/mol. The molecule has 0 bridgehead atoms. The summed E-state index contributed by atoms with van der Waals surface area (Å²) < 4.78 is 0. The smallest absolute Gasteiger partial charge is 0.0989 e. The van der Waals surface area contributed by atoms with Gasteiger partial charge in [0.25, 0.3) is 0 Å². The van der Waals surface area contributed by atoms with Crippen LogP contribution in [0.3, 0.4) is 0 Å². The van der Waals surface area contributed by atoms with Gasteiger partial charge >= 0.3 is 0 Å². The molecule has 5 aliphatic carbocycles. The number of aliphatic hydroxyl groups excluding tert-OH is 4. The van der Waals surface area contributed by atoms with Gasteiger partial charge in [-0.15, -0.1) is 0 Å². The summed E-state index contributed by atoms with van der Waals surface area (Å²) in [5.41, 5.74) is -3.49. The molecule has 0 aromatic heterocycles. The van der Waals surface area contributed by atoms with Gasteiger partial charge in [0.2, 0.25) is 0 Å². The summed E-state index contributed by atoms with van der Waals surface area (Å²) in [5.74, 6) is 0.0628. The third-order valence-corrected chi connectivity index (χ3v) is 13.7. The highest BCUT2D eigenvalue weighted by Crippen LogP contribution is 2.89. The molecule has 0 amide bonds. The van der Waals surface area contributed by atoms with Crippen molar-refractivity contribution >= 4 is 0 Å². The molecule has 36 heavy (non-hydrogen) atoms. The lowest BCUT2D eigenvalue weighted by Gasteiger charge is -2.65. The second-order valence-electron chi connectivity index (χ2n) is 15.6. The molecule has 2 spiro atoms. The standard InChI is InChI=1S/C30H52O6/c1-17(8-9-21(33)25(4,5)35)30(36)22(34)15-26(6)19-14-18(31)23-24(2,3)20(32)10-11-29(23)16-28(19,29)13-12-27(26,30)7/h17-23,31-36H,8-16H2,1-7H3/t17-,18+,19?,20+,21+,22+,23?,26+,27+,28+,29-,30-/m1/s1. The van der Waals surface area contributed by atoms with E-state index in [9.17, 15) is 30.6 Å². The second-order valence-corrected chi connectivity index (χ2v) is 15.6. The van der Waals surface area contributed by atoms with Gasteiger partial charge in [0.15, 0.2) is 0 Å². The Bertz CT molecular complexity index is 898. The van der Waals surface area contributed by atoms with E-state index in [1.165, 1.54) is 0 Å². The van der Waals surface area contributed by atoms with E-state index in [1.807, 2.05) is 6.92 Å². The third kappa shape index (κ3) is 3.01. The quantitative estimate of drug-likeness (QED) is 0.339. The summed E-state index contributed by atoms with van der Waals surface area (Å²) in [5, 5.41) is 67.0. The Morgan fingerprint density at radius 3 is 2.17 bits per heavy atom. The van der Waals surface area contributed by atoms with Crippen molar-refractivity contribution in [1.82, 2.24) is 0 Å². The van der Waals surface area contributed by atoms with Crippen LogP contribution < -0.4 is 0 Å². The van der Waals surface area contributed by atoms with Crippen LogP contribution in [0.4, 0.5) is 0 Å². The zero-order chi connectivity index (χ0) is 26.9. The van der Waals surface area contributed by atoms with E-state index in [0.717, 1.165) is 32.1 Å². The maximum absolute atomic E-state index is 12.4. The lowest BCUT2D eigenvalue weighted by molar-refractivity contribution is -0.229. The van der Waals surface area contributed by atoms with Gasteiger partial charge in [0.05, 0.1) is 35.6 Å². The molecular formula is C30H52O6. The topological polar surface area (TPSA) is 121 Å². The molecule has 5 fully saturated rings. The van der Waals surface area contributed by atoms with E-state index in [4.69, 9.17) is 0 Å². The van der Waals surface area contributed by atoms with Crippen molar-refractivity contribution in [2.45, 2.75) is 142 Å². The summed E-state index contributed by atoms with van der Waals surface area (Å²) in [6.45, 7) is 13.9. The second kappa shape index (κ2) is 7.69. The Balaban J connectivity index is 1.47. The molecule has 12 atom stereocenters. The lowest BCUT2D eigenvalue weighted by Crippen LogP contribution is -2.64. The van der Waals surface area contributed by atoms with Crippen LogP contribution >= 0.6 is 0 Å². The summed E-state index contributed by atoms with van der Waals surface area (Å²) >= 11 is 0. The van der Waals surface area contributed by atoms with Crippen LogP contribution in [-0.4, -0.2) is 66.3 Å². The highest BCUT2D eigenvalue weighted by molar-refractivity contribution is 5.34. The fraction of sp³-hybridized carbons (Fsp3) is 1.00. The normalized spacial score (nSPS) is 55.1. The summed E-state index contributed by atoms with van der Waals surface area (Å²) in [6.07, 6.45) is 4.09. The fourth-order valence-corrected chi connectivity index (χ4v) is 11.4. The maximum atomic E-state index is 12.4. The van der Waals surface area contributed by atoms with Crippen LogP contribution in [-0.2, 0) is 0 Å². The summed E-state index contributed by atoms with van der Waals surface area (Å²) in [4.78, 5) is 0. The Hall–Kier alpha value is -0.240. The van der Waals surface area contributed by atoms with Gasteiger partial charge in [-0.25, -0.2) is 0 Å². The monoisotopic (exact) mass is 508 g/mol. The molecule has 0 radical (unpaired) electrons. The molecule has 5 saturated carbocycles. The molecule has 5 aliphatic rings. The molecule has 5 rings (SSSR count). The van der Waals surface area contributed by atoms with Gasteiger partial charge in [-0.3, -0.25) is 0 Å². The Kier molecular flexibility index (Phi) is 5.84. The van der Waals surface area contributed by atoms with Crippen molar-refractivity contribution in [1.29, 1.82) is 0 Å². The van der Waals surface area contributed by atoms with Crippen molar-refractivity contribution in [3.05, 3.63) is 0 Å². The number of fused-ring (bicyclic) bond motifs is 2. The van der Waals surface area contributed by atoms with Gasteiger partial charge in [0, 0.05) is 5.41 Å². The Morgan fingerprint density at radius 1 is 0.917 bits per heavy atom. The highest BCUT2D eigenvalue weighted by atomic mass is 16.3. The first-order valence-electron chi connectivity index (χ1n) is 14.5. The fourth-order valence-electron chi connectivity index (χ4n) is 11.4. The third-order valence-electron chi connectivity index (χ3n) is 13.7. The highest BCUT2D eigenvalue weighted by Gasteiger charge is 2.85. The van der Waals surface area contributed by atoms with Crippen LogP contribution in [0.15, 0.2) is 0 Å². The van der Waals surface area contributed by atoms with Crippen LogP contribution in [0.1, 0.15) is 106 Å². The van der Waals surface area contributed by atoms with Crippen molar-refractivity contribution in [2.24, 2.45) is 44.8 Å². The van der Waals surface area contributed by atoms with E-state index in [0.29, 0.717) is 25.7 Å². The number of rotatable bonds is 5. The Labute approximate surface area is 217 Å². The predicted octanol–water partition coefficient (Wildman–Crippen LogP) is 3.39. The molecule has 6 heteroatoms. The zero-order valence-corrected chi connectivity index (χ0v) is 23.6. The van der Waals surface area contributed by atoms with Gasteiger partial charge < -0.3 is 30.6 Å². The van der Waals surface area contributed by atoms with Crippen LogP contribution in [0.2, 0.25) is 0 Å². The molecule has 208 valence electrons. The minimum absolute atomic E-state index is 0.0521. The van der Waals surface area contributed by atoms with Crippen molar-refractivity contribution in [3.8, 4) is 0 Å². The molecule has 0 aromatic carbocycles. The number of hydrogen-bond acceptors (Lipinski definition) is 6. The van der Waals surface area contributed by atoms with E-state index < -0.39 is 34.9 Å². The SMILES string of the molecule is C[C@H](CC[C@H](O)C(C)(C)O)[C@@]1(O)[C@@H](O)C[C@@]2(C)C3C[C@H](O)C4C(C)(C)[C@@H](O)CC[C@@]45C[C@@]35CC[C@]12C. The molecular weight excluding hydrogens is 456 g/mol.